The normalized spacial score (nSPS) is 24.3. The molecule has 2 unspecified atom stereocenters. The standard InChI is InChI=1S/C14H17BrN2O/c1-17(12-8-4-2-6-10(12)15)14-16-11-7-3-5-9-13(11)18-14/h3,5,7,9-10,12H,2,4,6,8H2,1H3. The Hall–Kier alpha value is -1.03. The van der Waals surface area contributed by atoms with Crippen molar-refractivity contribution in [3.8, 4) is 0 Å². The molecule has 0 aliphatic heterocycles. The van der Waals surface area contributed by atoms with Gasteiger partial charge in [0, 0.05) is 17.9 Å². The summed E-state index contributed by atoms with van der Waals surface area (Å²) < 4.78 is 5.83. The molecule has 1 saturated carbocycles. The van der Waals surface area contributed by atoms with E-state index in [1.165, 1.54) is 25.7 Å². The Morgan fingerprint density at radius 1 is 1.28 bits per heavy atom. The van der Waals surface area contributed by atoms with Gasteiger partial charge in [0.15, 0.2) is 5.58 Å². The summed E-state index contributed by atoms with van der Waals surface area (Å²) in [5.41, 5.74) is 1.79. The van der Waals surface area contributed by atoms with Gasteiger partial charge in [-0.25, -0.2) is 0 Å². The molecule has 1 fully saturated rings. The van der Waals surface area contributed by atoms with Crippen molar-refractivity contribution in [2.45, 2.75) is 36.6 Å². The van der Waals surface area contributed by atoms with Crippen molar-refractivity contribution in [3.05, 3.63) is 24.3 Å². The van der Waals surface area contributed by atoms with E-state index in [4.69, 9.17) is 4.42 Å². The molecule has 1 aliphatic rings. The summed E-state index contributed by atoms with van der Waals surface area (Å²) >= 11 is 3.79. The molecule has 3 nitrogen and oxygen atoms in total. The number of hydrogen-bond donors (Lipinski definition) is 0. The van der Waals surface area contributed by atoms with Gasteiger partial charge in [0.1, 0.15) is 5.52 Å². The number of anilines is 1. The largest absolute Gasteiger partial charge is 0.423 e. The lowest BCUT2D eigenvalue weighted by atomic mass is 9.94. The fourth-order valence-corrected chi connectivity index (χ4v) is 3.60. The molecule has 96 valence electrons. The minimum atomic E-state index is 0.479. The van der Waals surface area contributed by atoms with Crippen molar-refractivity contribution in [1.29, 1.82) is 0 Å². The lowest BCUT2D eigenvalue weighted by Gasteiger charge is -2.34. The summed E-state index contributed by atoms with van der Waals surface area (Å²) in [6.07, 6.45) is 5.03. The lowest BCUT2D eigenvalue weighted by molar-refractivity contribution is 0.423. The molecule has 3 rings (SSSR count). The molecule has 0 amide bonds. The van der Waals surface area contributed by atoms with Crippen LogP contribution in [0.5, 0.6) is 0 Å². The highest BCUT2D eigenvalue weighted by Crippen LogP contribution is 2.31. The summed E-state index contributed by atoms with van der Waals surface area (Å²) in [6, 6.07) is 9.13. The first kappa shape index (κ1) is 12.0. The number of fused-ring (bicyclic) bond motifs is 1. The van der Waals surface area contributed by atoms with Gasteiger partial charge < -0.3 is 9.32 Å². The van der Waals surface area contributed by atoms with Crippen LogP contribution in [0.2, 0.25) is 0 Å². The molecule has 2 aromatic rings. The van der Waals surface area contributed by atoms with E-state index < -0.39 is 0 Å². The first-order valence-corrected chi connectivity index (χ1v) is 7.40. The van der Waals surface area contributed by atoms with Gasteiger partial charge >= 0.3 is 0 Å². The molecule has 1 aliphatic carbocycles. The highest BCUT2D eigenvalue weighted by molar-refractivity contribution is 9.09. The third kappa shape index (κ3) is 2.14. The van der Waals surface area contributed by atoms with Crippen molar-refractivity contribution < 1.29 is 4.42 Å². The van der Waals surface area contributed by atoms with Crippen LogP contribution in [0.3, 0.4) is 0 Å². The number of benzene rings is 1. The van der Waals surface area contributed by atoms with Crippen molar-refractivity contribution >= 4 is 33.0 Å². The third-order valence-corrected chi connectivity index (χ3v) is 4.80. The van der Waals surface area contributed by atoms with Crippen LogP contribution < -0.4 is 4.90 Å². The van der Waals surface area contributed by atoms with Crippen LogP contribution >= 0.6 is 15.9 Å². The topological polar surface area (TPSA) is 29.3 Å². The van der Waals surface area contributed by atoms with Gasteiger partial charge in [-0.1, -0.05) is 40.9 Å². The van der Waals surface area contributed by atoms with Crippen molar-refractivity contribution in [3.63, 3.8) is 0 Å². The van der Waals surface area contributed by atoms with Crippen LogP contribution in [0.25, 0.3) is 11.1 Å². The second kappa shape index (κ2) is 4.92. The molecule has 0 bridgehead atoms. The Balaban J connectivity index is 1.88. The highest BCUT2D eigenvalue weighted by Gasteiger charge is 2.28. The Morgan fingerprint density at radius 2 is 2.06 bits per heavy atom. The fraction of sp³-hybridized carbons (Fsp3) is 0.500. The van der Waals surface area contributed by atoms with E-state index >= 15 is 0 Å². The molecule has 0 spiro atoms. The van der Waals surface area contributed by atoms with E-state index in [2.05, 4.69) is 32.9 Å². The number of aromatic nitrogens is 1. The molecule has 1 heterocycles. The van der Waals surface area contributed by atoms with Gasteiger partial charge in [-0.2, -0.15) is 4.98 Å². The number of oxazole rings is 1. The first-order chi connectivity index (χ1) is 8.75. The molecule has 1 aromatic carbocycles. The zero-order chi connectivity index (χ0) is 12.5. The summed E-state index contributed by atoms with van der Waals surface area (Å²) in [5, 5.41) is 0. The second-order valence-corrected chi connectivity index (χ2v) is 6.12. The quantitative estimate of drug-likeness (QED) is 0.786. The molecular formula is C14H17BrN2O. The average molecular weight is 309 g/mol. The number of alkyl halides is 1. The second-order valence-electron chi connectivity index (χ2n) is 4.94. The minimum Gasteiger partial charge on any atom is -0.423 e. The molecule has 18 heavy (non-hydrogen) atoms. The van der Waals surface area contributed by atoms with E-state index in [1.54, 1.807) is 0 Å². The Labute approximate surface area is 115 Å². The Bertz CT molecular complexity index is 506. The lowest BCUT2D eigenvalue weighted by Crippen LogP contribution is -2.40. The van der Waals surface area contributed by atoms with Gasteiger partial charge in [0.25, 0.3) is 6.01 Å². The number of hydrogen-bond acceptors (Lipinski definition) is 3. The predicted octanol–water partition coefficient (Wildman–Crippen LogP) is 3.97. The van der Waals surface area contributed by atoms with Crippen LogP contribution in [-0.4, -0.2) is 22.9 Å². The summed E-state index contributed by atoms with van der Waals surface area (Å²) in [4.78, 5) is 7.27. The van der Waals surface area contributed by atoms with Crippen LogP contribution in [0.4, 0.5) is 6.01 Å². The number of para-hydroxylation sites is 2. The van der Waals surface area contributed by atoms with Gasteiger partial charge in [0.05, 0.1) is 0 Å². The smallest absolute Gasteiger partial charge is 0.298 e. The molecular weight excluding hydrogens is 292 g/mol. The highest BCUT2D eigenvalue weighted by atomic mass is 79.9. The van der Waals surface area contributed by atoms with Crippen molar-refractivity contribution in [2.75, 3.05) is 11.9 Å². The maximum Gasteiger partial charge on any atom is 0.298 e. The first-order valence-electron chi connectivity index (χ1n) is 6.48. The van der Waals surface area contributed by atoms with Crippen LogP contribution in [-0.2, 0) is 0 Å². The number of rotatable bonds is 2. The third-order valence-electron chi connectivity index (χ3n) is 3.73. The van der Waals surface area contributed by atoms with E-state index in [1.807, 2.05) is 24.3 Å². The predicted molar refractivity (Wildman–Crippen MR) is 77.4 cm³/mol. The SMILES string of the molecule is CN(c1nc2ccccc2o1)C1CCCCC1Br. The van der Waals surface area contributed by atoms with Gasteiger partial charge in [-0.15, -0.1) is 0 Å². The molecule has 2 atom stereocenters. The van der Waals surface area contributed by atoms with Crippen LogP contribution in [0.15, 0.2) is 28.7 Å². The fourth-order valence-electron chi connectivity index (χ4n) is 2.66. The molecule has 0 saturated heterocycles. The van der Waals surface area contributed by atoms with E-state index in [0.29, 0.717) is 10.9 Å². The zero-order valence-electron chi connectivity index (χ0n) is 10.5. The van der Waals surface area contributed by atoms with E-state index in [-0.39, 0.29) is 0 Å². The molecule has 1 aromatic heterocycles. The zero-order valence-corrected chi connectivity index (χ0v) is 12.1. The van der Waals surface area contributed by atoms with E-state index in [0.717, 1.165) is 17.1 Å². The number of nitrogens with zero attached hydrogens (tertiary/aromatic N) is 2. The molecule has 4 heteroatoms. The summed E-state index contributed by atoms with van der Waals surface area (Å²) in [7, 11) is 2.08. The number of halogens is 1. The Kier molecular flexibility index (Phi) is 3.29. The van der Waals surface area contributed by atoms with Gasteiger partial charge in [-0.3, -0.25) is 0 Å². The molecule has 0 N–H and O–H groups in total. The summed E-state index contributed by atoms with van der Waals surface area (Å²) in [6.45, 7) is 0. The average Bonchev–Trinajstić information content (AvgIpc) is 2.82. The van der Waals surface area contributed by atoms with Crippen LogP contribution in [0.1, 0.15) is 25.7 Å². The van der Waals surface area contributed by atoms with Crippen LogP contribution in [0, 0.1) is 0 Å². The Morgan fingerprint density at radius 3 is 2.83 bits per heavy atom. The van der Waals surface area contributed by atoms with Crippen molar-refractivity contribution in [2.24, 2.45) is 0 Å². The summed E-state index contributed by atoms with van der Waals surface area (Å²) in [5.74, 6) is 0. The van der Waals surface area contributed by atoms with Gasteiger partial charge in [0.2, 0.25) is 0 Å². The maximum atomic E-state index is 5.83. The molecule has 0 radical (unpaired) electrons. The maximum absolute atomic E-state index is 5.83. The van der Waals surface area contributed by atoms with Gasteiger partial charge in [-0.05, 0) is 25.0 Å². The van der Waals surface area contributed by atoms with E-state index in [9.17, 15) is 0 Å². The minimum absolute atomic E-state index is 0.479. The van der Waals surface area contributed by atoms with Crippen molar-refractivity contribution in [1.82, 2.24) is 4.98 Å². The monoisotopic (exact) mass is 308 g/mol.